The van der Waals surface area contributed by atoms with E-state index in [-0.39, 0.29) is 57.9 Å². The summed E-state index contributed by atoms with van der Waals surface area (Å²) in [6, 6.07) is 31.7. The van der Waals surface area contributed by atoms with Gasteiger partial charge in [0.2, 0.25) is 0 Å². The molecule has 1 N–H and O–H groups in total. The van der Waals surface area contributed by atoms with Gasteiger partial charge in [-0.25, -0.2) is 5.57 Å². The van der Waals surface area contributed by atoms with Crippen LogP contribution in [0.3, 0.4) is 0 Å². The predicted molar refractivity (Wildman–Crippen MR) is 163 cm³/mol. The quantitative estimate of drug-likeness (QED) is 0.190. The predicted octanol–water partition coefficient (Wildman–Crippen LogP) is 9.71. The fourth-order valence-electron chi connectivity index (χ4n) is 4.48. The molecule has 5 heteroatoms. The van der Waals surface area contributed by atoms with E-state index in [2.05, 4.69) is 46.0 Å². The maximum Gasteiger partial charge on any atom is 0.256 e. The average molecular weight is 579 g/mol. The fourth-order valence-corrected chi connectivity index (χ4v) is 4.48. The zero-order valence-corrected chi connectivity index (χ0v) is 25.7. The van der Waals surface area contributed by atoms with E-state index in [1.165, 1.54) is 16.7 Å². The number of anilines is 1. The van der Waals surface area contributed by atoms with Gasteiger partial charge in [0, 0.05) is 38.5 Å². The van der Waals surface area contributed by atoms with Crippen molar-refractivity contribution in [2.75, 3.05) is 5.32 Å². The molecule has 0 spiro atoms. The first-order valence-electron chi connectivity index (χ1n) is 12.0. The number of fused-ring (bicyclic) bond motifs is 1. The number of allylic oxidation sites excluding steroid dienone is 4. The molecule has 0 atom stereocenters. The molecule has 0 bridgehead atoms. The van der Waals surface area contributed by atoms with E-state index in [0.717, 1.165) is 27.6 Å². The van der Waals surface area contributed by atoms with Crippen molar-refractivity contribution in [2.45, 2.75) is 34.6 Å². The van der Waals surface area contributed by atoms with Crippen molar-refractivity contribution in [3.8, 4) is 11.1 Å². The van der Waals surface area contributed by atoms with Crippen LogP contribution in [0.5, 0.6) is 0 Å². The summed E-state index contributed by atoms with van der Waals surface area (Å²) in [5, 5.41) is 5.10. The monoisotopic (exact) mass is 578 g/mol. The zero-order chi connectivity index (χ0) is 25.0. The number of para-hydroxylation sites is 1. The number of carbonyl (C=O) groups excluding carboxylic acids is 1. The summed E-state index contributed by atoms with van der Waals surface area (Å²) in [5.41, 5.74) is 7.98. The van der Waals surface area contributed by atoms with E-state index < -0.39 is 0 Å². The van der Waals surface area contributed by atoms with Crippen LogP contribution in [0.1, 0.15) is 45.0 Å². The van der Waals surface area contributed by atoms with Gasteiger partial charge in [0.1, 0.15) is 0 Å². The van der Waals surface area contributed by atoms with Crippen molar-refractivity contribution in [1.29, 1.82) is 0 Å². The fraction of sp³-hybridized carbons (Fsp3) is 0.182. The number of benzene rings is 4. The van der Waals surface area contributed by atoms with Crippen LogP contribution in [-0.4, -0.2) is 5.91 Å². The first-order valence-corrected chi connectivity index (χ1v) is 12.0. The molecular formula is C33H34Cl2NOTi-. The molecule has 1 aliphatic carbocycles. The molecule has 1 amide bonds. The minimum absolute atomic E-state index is 0. The minimum atomic E-state index is -0.0971. The van der Waals surface area contributed by atoms with Crippen LogP contribution in [-0.2, 0) is 21.7 Å². The average Bonchev–Trinajstić information content (AvgIpc) is 3.05. The molecule has 4 aromatic rings. The molecule has 0 unspecified atom stereocenters. The summed E-state index contributed by atoms with van der Waals surface area (Å²) in [6.45, 7) is 10.9. The molecule has 2 nitrogen and oxygen atoms in total. The Morgan fingerprint density at radius 3 is 1.92 bits per heavy atom. The first kappa shape index (κ1) is 33.4. The summed E-state index contributed by atoms with van der Waals surface area (Å²) in [7, 11) is 0. The van der Waals surface area contributed by atoms with Gasteiger partial charge in [-0.05, 0) is 28.5 Å². The van der Waals surface area contributed by atoms with Crippen molar-refractivity contribution < 1.29 is 26.5 Å². The van der Waals surface area contributed by atoms with Gasteiger partial charge in [-0.1, -0.05) is 118 Å². The van der Waals surface area contributed by atoms with Crippen molar-refractivity contribution in [2.24, 2.45) is 5.41 Å². The minimum Gasteiger partial charge on any atom is -0.321 e. The van der Waals surface area contributed by atoms with Crippen LogP contribution < -0.4 is 5.32 Å². The smallest absolute Gasteiger partial charge is 0.256 e. The van der Waals surface area contributed by atoms with Crippen LogP contribution in [0.4, 0.5) is 5.69 Å². The second kappa shape index (κ2) is 14.5. The largest absolute Gasteiger partial charge is 0.321 e. The summed E-state index contributed by atoms with van der Waals surface area (Å²) >= 11 is 0. The third-order valence-electron chi connectivity index (χ3n) is 6.86. The Labute approximate surface area is 254 Å². The third kappa shape index (κ3) is 7.49. The normalized spacial score (nSPS) is 13.1. The molecule has 38 heavy (non-hydrogen) atoms. The molecule has 0 saturated carbocycles. The number of carbonyl (C=O) groups is 1. The van der Waals surface area contributed by atoms with Gasteiger partial charge in [-0.2, -0.15) is 11.1 Å². The number of halogens is 2. The summed E-state index contributed by atoms with van der Waals surface area (Å²) < 4.78 is 0. The molecule has 4 aromatic carbocycles. The van der Waals surface area contributed by atoms with Crippen molar-refractivity contribution in [3.63, 3.8) is 0 Å². The van der Waals surface area contributed by atoms with Gasteiger partial charge in [-0.15, -0.1) is 31.7 Å². The van der Waals surface area contributed by atoms with Crippen LogP contribution in [0.2, 0.25) is 0 Å². The second-order valence-corrected chi connectivity index (χ2v) is 9.52. The Kier molecular flexibility index (Phi) is 12.8. The van der Waals surface area contributed by atoms with Crippen molar-refractivity contribution in [1.82, 2.24) is 0 Å². The Morgan fingerprint density at radius 1 is 0.737 bits per heavy atom. The number of nitrogens with one attached hydrogen (secondary N) is 1. The van der Waals surface area contributed by atoms with Gasteiger partial charge in [-0.3, -0.25) is 10.9 Å². The van der Waals surface area contributed by atoms with Crippen LogP contribution in [0.25, 0.3) is 21.9 Å². The van der Waals surface area contributed by atoms with Gasteiger partial charge in [0.25, 0.3) is 5.91 Å². The van der Waals surface area contributed by atoms with Crippen LogP contribution >= 0.6 is 24.8 Å². The molecule has 0 aromatic heterocycles. The van der Waals surface area contributed by atoms with Crippen LogP contribution in [0, 0.1) is 11.5 Å². The van der Waals surface area contributed by atoms with Gasteiger partial charge < -0.3 is 5.32 Å². The molecule has 1 aliphatic rings. The van der Waals surface area contributed by atoms with Crippen LogP contribution in [0.15, 0.2) is 114 Å². The van der Waals surface area contributed by atoms with Gasteiger partial charge in [0.15, 0.2) is 0 Å². The molecular weight excluding hydrogens is 545 g/mol. The maximum absolute atomic E-state index is 12.9. The Morgan fingerprint density at radius 2 is 1.32 bits per heavy atom. The number of hydrogen-bond acceptors (Lipinski definition) is 1. The summed E-state index contributed by atoms with van der Waals surface area (Å²) in [5.74, 6) is -0.0971. The zero-order valence-electron chi connectivity index (χ0n) is 22.5. The first-order chi connectivity index (χ1) is 16.8. The summed E-state index contributed by atoms with van der Waals surface area (Å²) in [4.78, 5) is 12.9. The Hall–Kier alpha value is -2.62. The van der Waals surface area contributed by atoms with E-state index in [1.807, 2.05) is 97.1 Å². The maximum atomic E-state index is 12.9. The van der Waals surface area contributed by atoms with E-state index >= 15 is 0 Å². The van der Waals surface area contributed by atoms with Gasteiger partial charge in [0.05, 0.1) is 0 Å². The molecule has 196 valence electrons. The SMILES string of the molecule is CC1=[C-]C(C)(C)C(C)=C1C.Cl.Cl.O=C(Nc1ccccc1-c1ccccc1)c1cccc2ccccc12.[Ti]. The molecule has 0 heterocycles. The number of rotatable bonds is 3. The van der Waals surface area contributed by atoms with Gasteiger partial charge >= 0.3 is 0 Å². The molecule has 0 saturated heterocycles. The van der Waals surface area contributed by atoms with Crippen molar-refractivity contribution >= 4 is 47.2 Å². The number of hydrogen-bond donors (Lipinski definition) is 1. The Bertz CT molecular complexity index is 1440. The standard InChI is InChI=1S/C23H17NO.C10H15.2ClH.Ti/c25-23(21-15-8-12-17-11-4-5-13-19(17)21)24-22-16-7-6-14-20(22)18-9-2-1-3-10-18;1-7-6-10(4,5)9(3)8(7)2;;;/h1-16H,(H,24,25);1-5H3;2*1H;/q;-1;;;. The van der Waals surface area contributed by atoms with Crippen molar-refractivity contribution in [3.05, 3.63) is 125 Å². The molecule has 0 radical (unpaired) electrons. The third-order valence-corrected chi connectivity index (χ3v) is 6.86. The summed E-state index contributed by atoms with van der Waals surface area (Å²) in [6.07, 6.45) is 3.44. The second-order valence-electron chi connectivity index (χ2n) is 9.52. The Balaban J connectivity index is 0.000000477. The van der Waals surface area contributed by atoms with E-state index in [9.17, 15) is 4.79 Å². The molecule has 5 rings (SSSR count). The molecule has 0 aliphatic heterocycles. The van der Waals surface area contributed by atoms with E-state index in [1.54, 1.807) is 0 Å². The number of amides is 1. The molecule has 0 fully saturated rings. The topological polar surface area (TPSA) is 29.1 Å². The van der Waals surface area contributed by atoms with E-state index in [0.29, 0.717) is 5.56 Å². The van der Waals surface area contributed by atoms with E-state index in [4.69, 9.17) is 0 Å².